The number of fused-ring (bicyclic) bond motifs is 10. The van der Waals surface area contributed by atoms with Crippen LogP contribution in [0.1, 0.15) is 11.1 Å². The Balaban J connectivity index is 1.97. The van der Waals surface area contributed by atoms with Crippen LogP contribution < -0.4 is 0 Å². The summed E-state index contributed by atoms with van der Waals surface area (Å²) in [6.07, 6.45) is 2.91. The fourth-order valence-electron chi connectivity index (χ4n) is 4.48. The van der Waals surface area contributed by atoms with Crippen molar-refractivity contribution in [3.05, 3.63) is 90.1 Å². The number of benzene rings is 4. The van der Waals surface area contributed by atoms with Crippen molar-refractivity contribution < 1.29 is 0 Å². The summed E-state index contributed by atoms with van der Waals surface area (Å²) in [6, 6.07) is 26.2. The van der Waals surface area contributed by atoms with E-state index in [-0.39, 0.29) is 0 Å². The summed E-state index contributed by atoms with van der Waals surface area (Å²) in [4.78, 5) is 4.77. The number of hydrogen-bond acceptors (Lipinski definition) is 1. The molecule has 1 heterocycles. The maximum absolute atomic E-state index is 4.77. The zero-order valence-electron chi connectivity index (χ0n) is 13.7. The molecule has 0 bridgehead atoms. The van der Waals surface area contributed by atoms with Gasteiger partial charge in [-0.25, -0.2) is 0 Å². The molecule has 1 nitrogen and oxygen atoms in total. The molecule has 0 radical (unpaired) electrons. The molecule has 0 unspecified atom stereocenters. The molecular weight excluding hydrogens is 302 g/mol. The van der Waals surface area contributed by atoms with Gasteiger partial charge in [0.1, 0.15) is 0 Å². The molecule has 5 aromatic rings. The molecule has 0 aliphatic heterocycles. The highest BCUT2D eigenvalue weighted by Gasteiger charge is 2.24. The van der Waals surface area contributed by atoms with Crippen LogP contribution in [-0.4, -0.2) is 4.98 Å². The molecule has 116 valence electrons. The summed E-state index contributed by atoms with van der Waals surface area (Å²) in [7, 11) is 0. The molecule has 0 saturated carbocycles. The minimum atomic E-state index is 1.01. The first-order chi connectivity index (χ1) is 12.4. The lowest BCUT2D eigenvalue weighted by molar-refractivity contribution is 1.29. The van der Waals surface area contributed by atoms with Gasteiger partial charge in [0.15, 0.2) is 0 Å². The van der Waals surface area contributed by atoms with Crippen molar-refractivity contribution in [3.8, 4) is 11.1 Å². The van der Waals surface area contributed by atoms with Crippen LogP contribution in [-0.2, 0) is 6.42 Å². The van der Waals surface area contributed by atoms with E-state index in [1.54, 1.807) is 0 Å². The van der Waals surface area contributed by atoms with Gasteiger partial charge in [0.25, 0.3) is 0 Å². The van der Waals surface area contributed by atoms with Crippen LogP contribution in [0.2, 0.25) is 0 Å². The molecule has 0 amide bonds. The van der Waals surface area contributed by atoms with E-state index in [0.29, 0.717) is 0 Å². The van der Waals surface area contributed by atoms with E-state index in [1.165, 1.54) is 49.2 Å². The highest BCUT2D eigenvalue weighted by Crippen LogP contribution is 2.47. The summed E-state index contributed by atoms with van der Waals surface area (Å²) in [6.45, 7) is 0. The lowest BCUT2D eigenvalue weighted by Gasteiger charge is -2.14. The maximum atomic E-state index is 4.77. The van der Waals surface area contributed by atoms with Crippen LogP contribution in [0.15, 0.2) is 79.0 Å². The highest BCUT2D eigenvalue weighted by molar-refractivity contribution is 6.24. The van der Waals surface area contributed by atoms with Gasteiger partial charge in [0, 0.05) is 17.0 Å². The van der Waals surface area contributed by atoms with Gasteiger partial charge in [-0.3, -0.25) is 4.98 Å². The van der Waals surface area contributed by atoms with Crippen molar-refractivity contribution in [1.82, 2.24) is 4.98 Å². The van der Waals surface area contributed by atoms with Crippen LogP contribution >= 0.6 is 0 Å². The van der Waals surface area contributed by atoms with Crippen LogP contribution in [0.25, 0.3) is 43.6 Å². The van der Waals surface area contributed by atoms with Crippen molar-refractivity contribution >= 4 is 32.4 Å². The van der Waals surface area contributed by atoms with Crippen LogP contribution in [0.4, 0.5) is 0 Å². The van der Waals surface area contributed by atoms with Crippen molar-refractivity contribution in [2.24, 2.45) is 0 Å². The topological polar surface area (TPSA) is 12.9 Å². The van der Waals surface area contributed by atoms with E-state index < -0.39 is 0 Å². The average molecular weight is 317 g/mol. The zero-order chi connectivity index (χ0) is 16.4. The van der Waals surface area contributed by atoms with Crippen molar-refractivity contribution in [3.63, 3.8) is 0 Å². The van der Waals surface area contributed by atoms with Crippen LogP contribution in [0, 0.1) is 0 Å². The predicted molar refractivity (Wildman–Crippen MR) is 105 cm³/mol. The smallest absolute Gasteiger partial charge is 0.0786 e. The Morgan fingerprint density at radius 2 is 1.52 bits per heavy atom. The summed E-state index contributed by atoms with van der Waals surface area (Å²) in [5.74, 6) is 0. The first-order valence-corrected chi connectivity index (χ1v) is 8.71. The number of rotatable bonds is 0. The fourth-order valence-corrected chi connectivity index (χ4v) is 4.48. The third-order valence-corrected chi connectivity index (χ3v) is 5.52. The summed E-state index contributed by atoms with van der Waals surface area (Å²) in [5.41, 5.74) is 6.73. The number of hydrogen-bond donors (Lipinski definition) is 0. The Labute approximate surface area is 145 Å². The number of pyridine rings is 1. The standard InChI is InChI=1S/C24H15N/c1-2-8-17-16(6-1)14-21-19-10-4-3-9-18(19)20-12-11-15-7-5-13-25-24(15)23(20)22(17)21/h1-13H,14H2. The van der Waals surface area contributed by atoms with E-state index in [1.807, 2.05) is 12.3 Å². The quantitative estimate of drug-likeness (QED) is 0.308. The molecule has 0 spiro atoms. The number of aromatic nitrogens is 1. The van der Waals surface area contributed by atoms with E-state index in [0.717, 1.165) is 11.9 Å². The second kappa shape index (κ2) is 4.67. The SMILES string of the molecule is c1ccc2c(c1)Cc1c-2c2c(ccc3cccnc32)c2ccccc12. The minimum Gasteiger partial charge on any atom is -0.256 e. The Morgan fingerprint density at radius 1 is 0.680 bits per heavy atom. The van der Waals surface area contributed by atoms with E-state index in [9.17, 15) is 0 Å². The third-order valence-electron chi connectivity index (χ3n) is 5.52. The maximum Gasteiger partial charge on any atom is 0.0786 e. The molecule has 0 atom stereocenters. The third kappa shape index (κ3) is 1.65. The minimum absolute atomic E-state index is 1.01. The second-order valence-electron chi connectivity index (χ2n) is 6.80. The molecule has 4 aromatic carbocycles. The first kappa shape index (κ1) is 13.1. The van der Waals surface area contributed by atoms with E-state index in [2.05, 4.69) is 66.7 Å². The fraction of sp³-hybridized carbons (Fsp3) is 0.0417. The van der Waals surface area contributed by atoms with Crippen LogP contribution in [0.3, 0.4) is 0 Å². The van der Waals surface area contributed by atoms with Crippen molar-refractivity contribution in [2.45, 2.75) is 6.42 Å². The van der Waals surface area contributed by atoms with Gasteiger partial charge < -0.3 is 0 Å². The van der Waals surface area contributed by atoms with E-state index in [4.69, 9.17) is 4.98 Å². The molecule has 1 aromatic heterocycles. The number of nitrogens with zero attached hydrogens (tertiary/aromatic N) is 1. The molecule has 1 aliphatic rings. The molecule has 0 N–H and O–H groups in total. The monoisotopic (exact) mass is 317 g/mol. The Morgan fingerprint density at radius 3 is 2.48 bits per heavy atom. The molecule has 25 heavy (non-hydrogen) atoms. The van der Waals surface area contributed by atoms with Gasteiger partial charge in [-0.05, 0) is 50.9 Å². The van der Waals surface area contributed by atoms with Gasteiger partial charge in [-0.1, -0.05) is 66.7 Å². The predicted octanol–water partition coefficient (Wildman–Crippen LogP) is 6.11. The lowest BCUT2D eigenvalue weighted by Crippen LogP contribution is -1.90. The Hall–Kier alpha value is -3.19. The average Bonchev–Trinajstić information content (AvgIpc) is 3.07. The largest absolute Gasteiger partial charge is 0.256 e. The van der Waals surface area contributed by atoms with Crippen molar-refractivity contribution in [2.75, 3.05) is 0 Å². The molecule has 6 rings (SSSR count). The van der Waals surface area contributed by atoms with E-state index >= 15 is 0 Å². The molecular formula is C24H15N. The Bertz CT molecular complexity index is 1310. The Kier molecular flexibility index (Phi) is 2.46. The van der Waals surface area contributed by atoms with Gasteiger partial charge >= 0.3 is 0 Å². The second-order valence-corrected chi connectivity index (χ2v) is 6.80. The zero-order valence-corrected chi connectivity index (χ0v) is 13.7. The lowest BCUT2D eigenvalue weighted by atomic mass is 9.90. The molecule has 1 heteroatoms. The van der Waals surface area contributed by atoms with Gasteiger partial charge in [0.05, 0.1) is 5.52 Å². The highest BCUT2D eigenvalue weighted by atomic mass is 14.6. The van der Waals surface area contributed by atoms with Gasteiger partial charge in [-0.15, -0.1) is 0 Å². The summed E-state index contributed by atoms with van der Waals surface area (Å²) < 4.78 is 0. The normalized spacial score (nSPS) is 12.6. The molecule has 0 saturated heterocycles. The molecule has 0 fully saturated rings. The van der Waals surface area contributed by atoms with Gasteiger partial charge in [-0.2, -0.15) is 0 Å². The summed E-state index contributed by atoms with van der Waals surface area (Å²) in [5, 5.41) is 6.51. The summed E-state index contributed by atoms with van der Waals surface area (Å²) >= 11 is 0. The first-order valence-electron chi connectivity index (χ1n) is 8.71. The molecule has 1 aliphatic carbocycles. The van der Waals surface area contributed by atoms with Gasteiger partial charge in [0.2, 0.25) is 0 Å². The van der Waals surface area contributed by atoms with Crippen LogP contribution in [0.5, 0.6) is 0 Å². The van der Waals surface area contributed by atoms with Crippen molar-refractivity contribution in [1.29, 1.82) is 0 Å².